The molecule has 0 aliphatic carbocycles. The molecule has 0 radical (unpaired) electrons. The molecule has 0 bridgehead atoms. The third-order valence-electron chi connectivity index (χ3n) is 4.91. The summed E-state index contributed by atoms with van der Waals surface area (Å²) in [5.74, 6) is 0.0194. The number of rotatable bonds is 6. The monoisotopic (exact) mass is 433 g/mol. The Morgan fingerprint density at radius 1 is 1.10 bits per heavy atom. The Morgan fingerprint density at radius 3 is 2.60 bits per heavy atom. The van der Waals surface area contributed by atoms with Crippen LogP contribution in [0.5, 0.6) is 0 Å². The molecule has 6 heteroatoms. The Balaban J connectivity index is 1.68. The van der Waals surface area contributed by atoms with Crippen LogP contribution in [0.4, 0.5) is 5.13 Å². The summed E-state index contributed by atoms with van der Waals surface area (Å²) in [6, 6.07) is 18.2. The van der Waals surface area contributed by atoms with Crippen molar-refractivity contribution < 1.29 is 4.79 Å². The van der Waals surface area contributed by atoms with Crippen molar-refractivity contribution in [3.63, 3.8) is 0 Å². The molecule has 2 aromatic carbocycles. The molecule has 0 saturated carbocycles. The second kappa shape index (κ2) is 8.98. The first kappa shape index (κ1) is 20.6. The van der Waals surface area contributed by atoms with E-state index in [1.165, 1.54) is 10.5 Å². The largest absolute Gasteiger partial charge is 0.282 e. The van der Waals surface area contributed by atoms with E-state index >= 15 is 0 Å². The standard InChI is InChI=1S/C24H23N3OS2/c1-16-12-17(2)23-21(13-16)30-24(26-23)27(15-19-6-4-5-11-25-19)22(28)14-18-7-9-20(29-3)10-8-18/h4-13H,14-15H2,1-3H3. The summed E-state index contributed by atoms with van der Waals surface area (Å²) in [4.78, 5) is 25.6. The van der Waals surface area contributed by atoms with E-state index in [2.05, 4.69) is 43.1 Å². The van der Waals surface area contributed by atoms with Gasteiger partial charge in [-0.25, -0.2) is 4.98 Å². The van der Waals surface area contributed by atoms with Crippen LogP contribution in [-0.4, -0.2) is 22.1 Å². The van der Waals surface area contributed by atoms with E-state index in [9.17, 15) is 4.79 Å². The van der Waals surface area contributed by atoms with Crippen LogP contribution in [0.2, 0.25) is 0 Å². The number of amides is 1. The maximum absolute atomic E-state index is 13.4. The van der Waals surface area contributed by atoms with Crippen LogP contribution < -0.4 is 4.90 Å². The van der Waals surface area contributed by atoms with Crippen molar-refractivity contribution in [2.24, 2.45) is 0 Å². The SMILES string of the molecule is CSc1ccc(CC(=O)N(Cc2ccccn2)c2nc3c(C)cc(C)cc3s2)cc1. The van der Waals surface area contributed by atoms with Crippen molar-refractivity contribution in [1.82, 2.24) is 9.97 Å². The second-order valence-corrected chi connectivity index (χ2v) is 9.14. The molecule has 4 rings (SSSR count). The molecule has 1 amide bonds. The summed E-state index contributed by atoms with van der Waals surface area (Å²) >= 11 is 3.26. The number of fused-ring (bicyclic) bond motifs is 1. The quantitative estimate of drug-likeness (QED) is 0.360. The van der Waals surface area contributed by atoms with Gasteiger partial charge in [0.1, 0.15) is 0 Å². The molecule has 30 heavy (non-hydrogen) atoms. The molecule has 152 valence electrons. The number of carbonyl (C=O) groups is 1. The van der Waals surface area contributed by atoms with E-state index < -0.39 is 0 Å². The predicted octanol–water partition coefficient (Wildman–Crippen LogP) is 5.81. The molecule has 0 fully saturated rings. The van der Waals surface area contributed by atoms with Crippen LogP contribution in [0.15, 0.2) is 65.7 Å². The molecule has 0 atom stereocenters. The van der Waals surface area contributed by atoms with Crippen molar-refractivity contribution in [2.75, 3.05) is 11.2 Å². The third kappa shape index (κ3) is 4.55. The van der Waals surface area contributed by atoms with E-state index in [-0.39, 0.29) is 5.91 Å². The Hall–Kier alpha value is -2.70. The normalized spacial score (nSPS) is 11.0. The fourth-order valence-corrected chi connectivity index (χ4v) is 4.97. The first-order valence-corrected chi connectivity index (χ1v) is 11.8. The molecule has 2 aromatic heterocycles. The zero-order valence-corrected chi connectivity index (χ0v) is 18.9. The first-order valence-electron chi connectivity index (χ1n) is 9.74. The number of thioether (sulfide) groups is 1. The van der Waals surface area contributed by atoms with E-state index in [4.69, 9.17) is 4.98 Å². The van der Waals surface area contributed by atoms with Gasteiger partial charge in [0.05, 0.1) is 28.9 Å². The zero-order valence-electron chi connectivity index (χ0n) is 17.3. The van der Waals surface area contributed by atoms with Crippen LogP contribution in [0.1, 0.15) is 22.4 Å². The van der Waals surface area contributed by atoms with E-state index in [0.717, 1.165) is 32.2 Å². The summed E-state index contributed by atoms with van der Waals surface area (Å²) < 4.78 is 1.10. The van der Waals surface area contributed by atoms with Crippen molar-refractivity contribution in [3.8, 4) is 0 Å². The lowest BCUT2D eigenvalue weighted by Gasteiger charge is -2.19. The molecular formula is C24H23N3OS2. The molecule has 4 nitrogen and oxygen atoms in total. The average Bonchev–Trinajstić information content (AvgIpc) is 3.17. The fourth-order valence-electron chi connectivity index (χ4n) is 3.40. The zero-order chi connectivity index (χ0) is 21.1. The number of anilines is 1. The second-order valence-electron chi connectivity index (χ2n) is 7.25. The highest BCUT2D eigenvalue weighted by Gasteiger charge is 2.21. The van der Waals surface area contributed by atoms with Crippen molar-refractivity contribution >= 4 is 44.4 Å². The van der Waals surface area contributed by atoms with Crippen molar-refractivity contribution in [3.05, 3.63) is 83.2 Å². The molecule has 4 aromatic rings. The highest BCUT2D eigenvalue weighted by molar-refractivity contribution is 7.98. The summed E-state index contributed by atoms with van der Waals surface area (Å²) in [5.41, 5.74) is 5.13. The minimum Gasteiger partial charge on any atom is -0.282 e. The number of pyridine rings is 1. The lowest BCUT2D eigenvalue weighted by atomic mass is 10.1. The highest BCUT2D eigenvalue weighted by atomic mass is 32.2. The lowest BCUT2D eigenvalue weighted by molar-refractivity contribution is -0.118. The molecule has 2 heterocycles. The average molecular weight is 434 g/mol. The van der Waals surface area contributed by atoms with Gasteiger partial charge in [0.25, 0.3) is 0 Å². The molecule has 0 N–H and O–H groups in total. The van der Waals surface area contributed by atoms with Gasteiger partial charge < -0.3 is 0 Å². The van der Waals surface area contributed by atoms with Gasteiger partial charge in [0, 0.05) is 11.1 Å². The molecule has 0 aliphatic heterocycles. The third-order valence-corrected chi connectivity index (χ3v) is 6.68. The maximum Gasteiger partial charge on any atom is 0.233 e. The molecule has 0 unspecified atom stereocenters. The number of carbonyl (C=O) groups excluding carboxylic acids is 1. The lowest BCUT2D eigenvalue weighted by Crippen LogP contribution is -2.32. The number of aryl methyl sites for hydroxylation is 2. The summed E-state index contributed by atoms with van der Waals surface area (Å²) in [6.45, 7) is 4.55. The van der Waals surface area contributed by atoms with Gasteiger partial charge >= 0.3 is 0 Å². The molecule has 0 saturated heterocycles. The van der Waals surface area contributed by atoms with Gasteiger partial charge in [0.15, 0.2) is 5.13 Å². The number of hydrogen-bond donors (Lipinski definition) is 0. The summed E-state index contributed by atoms with van der Waals surface area (Å²) in [6.07, 6.45) is 4.13. The number of nitrogens with zero attached hydrogens (tertiary/aromatic N) is 3. The summed E-state index contributed by atoms with van der Waals surface area (Å²) in [7, 11) is 0. The van der Waals surface area contributed by atoms with Gasteiger partial charge in [-0.3, -0.25) is 14.7 Å². The fraction of sp³-hybridized carbons (Fsp3) is 0.208. The van der Waals surface area contributed by atoms with Crippen LogP contribution in [0, 0.1) is 13.8 Å². The number of aromatic nitrogens is 2. The minimum absolute atomic E-state index is 0.0194. The van der Waals surface area contributed by atoms with Crippen molar-refractivity contribution in [1.29, 1.82) is 0 Å². The van der Waals surface area contributed by atoms with Gasteiger partial charge in [-0.2, -0.15) is 0 Å². The Labute approximate surface area is 185 Å². The molecule has 0 aliphatic rings. The Morgan fingerprint density at radius 2 is 1.90 bits per heavy atom. The molecule has 0 spiro atoms. The van der Waals surface area contributed by atoms with Crippen LogP contribution in [0.3, 0.4) is 0 Å². The van der Waals surface area contributed by atoms with Crippen molar-refractivity contribution in [2.45, 2.75) is 31.7 Å². The van der Waals surface area contributed by atoms with Gasteiger partial charge in [0.2, 0.25) is 5.91 Å². The number of hydrogen-bond acceptors (Lipinski definition) is 5. The topological polar surface area (TPSA) is 46.1 Å². The number of benzene rings is 2. The Kier molecular flexibility index (Phi) is 6.16. The molecular weight excluding hydrogens is 410 g/mol. The maximum atomic E-state index is 13.4. The number of thiazole rings is 1. The highest BCUT2D eigenvalue weighted by Crippen LogP contribution is 2.32. The van der Waals surface area contributed by atoms with Crippen LogP contribution >= 0.6 is 23.1 Å². The van der Waals surface area contributed by atoms with Gasteiger partial charge in [-0.1, -0.05) is 35.6 Å². The van der Waals surface area contributed by atoms with Crippen LogP contribution in [-0.2, 0) is 17.8 Å². The Bertz CT molecular complexity index is 1170. The van der Waals surface area contributed by atoms with Gasteiger partial charge in [-0.05, 0) is 67.1 Å². The minimum atomic E-state index is 0.0194. The predicted molar refractivity (Wildman–Crippen MR) is 126 cm³/mol. The van der Waals surface area contributed by atoms with E-state index in [1.54, 1.807) is 34.2 Å². The smallest absolute Gasteiger partial charge is 0.233 e. The van der Waals surface area contributed by atoms with Gasteiger partial charge in [-0.15, -0.1) is 11.8 Å². The van der Waals surface area contributed by atoms with E-state index in [0.29, 0.717) is 13.0 Å². The van der Waals surface area contributed by atoms with E-state index in [1.807, 2.05) is 36.6 Å². The summed E-state index contributed by atoms with van der Waals surface area (Å²) in [5, 5.41) is 0.718. The first-order chi connectivity index (χ1) is 14.5. The van der Waals surface area contributed by atoms with Crippen LogP contribution in [0.25, 0.3) is 10.2 Å².